The fourth-order valence-corrected chi connectivity index (χ4v) is 3.27. The molecule has 0 bridgehead atoms. The van der Waals surface area contributed by atoms with Crippen LogP contribution in [0.3, 0.4) is 0 Å². The van der Waals surface area contributed by atoms with Crippen molar-refractivity contribution >= 4 is 5.78 Å². The summed E-state index contributed by atoms with van der Waals surface area (Å²) in [4.78, 5) is 12.3. The van der Waals surface area contributed by atoms with E-state index in [2.05, 4.69) is 0 Å². The number of ketones is 1. The van der Waals surface area contributed by atoms with Gasteiger partial charge in [-0.1, -0.05) is 62.4 Å². The molecule has 0 radical (unpaired) electrons. The first kappa shape index (κ1) is 15.2. The van der Waals surface area contributed by atoms with Gasteiger partial charge in [0, 0.05) is 12.0 Å². The van der Waals surface area contributed by atoms with E-state index >= 15 is 0 Å². The number of hydrogen-bond donors (Lipinski definition) is 1. The Morgan fingerprint density at radius 3 is 2.25 bits per heavy atom. The zero-order valence-corrected chi connectivity index (χ0v) is 12.5. The van der Waals surface area contributed by atoms with Gasteiger partial charge in [-0.15, -0.1) is 0 Å². The van der Waals surface area contributed by atoms with Gasteiger partial charge in [-0.2, -0.15) is 0 Å². The van der Waals surface area contributed by atoms with Gasteiger partial charge in [0.2, 0.25) is 0 Å². The monoisotopic (exact) mass is 274 g/mol. The third kappa shape index (κ3) is 4.17. The van der Waals surface area contributed by atoms with E-state index in [4.69, 9.17) is 0 Å². The van der Waals surface area contributed by atoms with E-state index in [1.807, 2.05) is 37.3 Å². The van der Waals surface area contributed by atoms with Crippen LogP contribution in [-0.2, 0) is 0 Å². The van der Waals surface area contributed by atoms with Crippen LogP contribution in [0.2, 0.25) is 0 Å². The SMILES string of the molecule is CC(O)(CC(=O)c1ccccc1)C1CCCCCCC1. The van der Waals surface area contributed by atoms with Gasteiger partial charge in [0.15, 0.2) is 5.78 Å². The van der Waals surface area contributed by atoms with Gasteiger partial charge in [0.1, 0.15) is 0 Å². The van der Waals surface area contributed by atoms with E-state index in [0.29, 0.717) is 5.56 Å². The molecule has 0 saturated heterocycles. The summed E-state index contributed by atoms with van der Waals surface area (Å²) in [7, 11) is 0. The van der Waals surface area contributed by atoms with E-state index in [-0.39, 0.29) is 18.1 Å². The van der Waals surface area contributed by atoms with Crippen LogP contribution in [0.4, 0.5) is 0 Å². The Morgan fingerprint density at radius 1 is 1.10 bits per heavy atom. The van der Waals surface area contributed by atoms with Crippen molar-refractivity contribution in [3.05, 3.63) is 35.9 Å². The number of rotatable bonds is 4. The van der Waals surface area contributed by atoms with Crippen LogP contribution in [0, 0.1) is 5.92 Å². The van der Waals surface area contributed by atoms with E-state index in [9.17, 15) is 9.90 Å². The summed E-state index contributed by atoms with van der Waals surface area (Å²) in [6.07, 6.45) is 8.54. The van der Waals surface area contributed by atoms with Crippen LogP contribution in [0.5, 0.6) is 0 Å². The fraction of sp³-hybridized carbons (Fsp3) is 0.611. The van der Waals surface area contributed by atoms with E-state index in [0.717, 1.165) is 12.8 Å². The van der Waals surface area contributed by atoms with Crippen LogP contribution in [-0.4, -0.2) is 16.5 Å². The molecule has 1 unspecified atom stereocenters. The molecule has 0 aliphatic heterocycles. The quantitative estimate of drug-likeness (QED) is 0.828. The minimum atomic E-state index is -0.871. The lowest BCUT2D eigenvalue weighted by Gasteiger charge is -2.34. The minimum absolute atomic E-state index is 0.0534. The van der Waals surface area contributed by atoms with Gasteiger partial charge in [-0.05, 0) is 25.7 Å². The standard InChI is InChI=1S/C18H26O2/c1-18(20,16-12-8-3-2-4-9-13-16)14-17(19)15-10-6-5-7-11-15/h5-7,10-11,16,20H,2-4,8-9,12-14H2,1H3. The third-order valence-corrected chi connectivity index (χ3v) is 4.60. The molecule has 1 aromatic carbocycles. The predicted octanol–water partition coefficient (Wildman–Crippen LogP) is 4.37. The average molecular weight is 274 g/mol. The molecule has 2 rings (SSSR count). The molecule has 1 aromatic rings. The van der Waals surface area contributed by atoms with Crippen molar-refractivity contribution in [1.82, 2.24) is 0 Å². The molecule has 1 aliphatic rings. The summed E-state index contributed by atoms with van der Waals surface area (Å²) in [5, 5.41) is 10.8. The lowest BCUT2D eigenvalue weighted by molar-refractivity contribution is -0.0141. The highest BCUT2D eigenvalue weighted by molar-refractivity contribution is 5.96. The number of aliphatic hydroxyl groups is 1. The van der Waals surface area contributed by atoms with Crippen molar-refractivity contribution in [2.75, 3.05) is 0 Å². The fourth-order valence-electron chi connectivity index (χ4n) is 3.27. The third-order valence-electron chi connectivity index (χ3n) is 4.60. The first-order valence-electron chi connectivity index (χ1n) is 7.90. The molecule has 0 amide bonds. The maximum atomic E-state index is 12.3. The number of benzene rings is 1. The summed E-state index contributed by atoms with van der Waals surface area (Å²) < 4.78 is 0. The molecule has 1 fully saturated rings. The van der Waals surface area contributed by atoms with Crippen LogP contribution < -0.4 is 0 Å². The van der Waals surface area contributed by atoms with Gasteiger partial charge in [0.25, 0.3) is 0 Å². The van der Waals surface area contributed by atoms with Crippen molar-refractivity contribution in [1.29, 1.82) is 0 Å². The Bertz CT molecular complexity index is 414. The highest BCUT2D eigenvalue weighted by atomic mass is 16.3. The average Bonchev–Trinajstić information content (AvgIpc) is 2.38. The summed E-state index contributed by atoms with van der Waals surface area (Å²) in [5.41, 5.74) is -0.164. The topological polar surface area (TPSA) is 37.3 Å². The summed E-state index contributed by atoms with van der Waals surface area (Å²) in [6.45, 7) is 1.85. The Labute approximate surface area is 122 Å². The van der Waals surface area contributed by atoms with E-state index < -0.39 is 5.60 Å². The minimum Gasteiger partial charge on any atom is -0.389 e. The Hall–Kier alpha value is -1.15. The van der Waals surface area contributed by atoms with Crippen molar-refractivity contribution in [3.8, 4) is 0 Å². The second-order valence-corrected chi connectivity index (χ2v) is 6.37. The zero-order valence-electron chi connectivity index (χ0n) is 12.5. The van der Waals surface area contributed by atoms with E-state index in [1.165, 1.54) is 32.1 Å². The molecule has 1 aliphatic carbocycles. The van der Waals surface area contributed by atoms with Crippen LogP contribution in [0.15, 0.2) is 30.3 Å². The number of hydrogen-bond acceptors (Lipinski definition) is 2. The molecule has 1 saturated carbocycles. The molecular weight excluding hydrogens is 248 g/mol. The van der Waals surface area contributed by atoms with E-state index in [1.54, 1.807) is 0 Å². The van der Waals surface area contributed by atoms with Crippen molar-refractivity contribution in [2.24, 2.45) is 5.92 Å². The summed E-state index contributed by atoms with van der Waals surface area (Å²) in [6, 6.07) is 9.31. The van der Waals surface area contributed by atoms with Gasteiger partial charge in [0.05, 0.1) is 5.60 Å². The van der Waals surface area contributed by atoms with Crippen molar-refractivity contribution < 1.29 is 9.90 Å². The maximum Gasteiger partial charge on any atom is 0.165 e. The van der Waals surface area contributed by atoms with Gasteiger partial charge in [-0.25, -0.2) is 0 Å². The first-order valence-corrected chi connectivity index (χ1v) is 7.90. The normalized spacial score (nSPS) is 20.7. The first-order chi connectivity index (χ1) is 9.59. The lowest BCUT2D eigenvalue weighted by atomic mass is 9.76. The highest BCUT2D eigenvalue weighted by Crippen LogP contribution is 2.33. The Kier molecular flexibility index (Phi) is 5.36. The lowest BCUT2D eigenvalue weighted by Crippen LogP contribution is -2.37. The second-order valence-electron chi connectivity index (χ2n) is 6.37. The van der Waals surface area contributed by atoms with Crippen molar-refractivity contribution in [2.45, 2.75) is 63.9 Å². The molecule has 0 aromatic heterocycles. The largest absolute Gasteiger partial charge is 0.389 e. The second kappa shape index (κ2) is 7.03. The highest BCUT2D eigenvalue weighted by Gasteiger charge is 2.33. The number of Topliss-reactive ketones (excluding diaryl/α,β-unsaturated/α-hetero) is 1. The molecule has 1 atom stereocenters. The molecular formula is C18H26O2. The van der Waals surface area contributed by atoms with Crippen molar-refractivity contribution in [3.63, 3.8) is 0 Å². The predicted molar refractivity (Wildman–Crippen MR) is 81.8 cm³/mol. The Morgan fingerprint density at radius 2 is 1.65 bits per heavy atom. The molecule has 0 spiro atoms. The molecule has 0 heterocycles. The van der Waals surface area contributed by atoms with Gasteiger partial charge in [-0.3, -0.25) is 4.79 Å². The van der Waals surface area contributed by atoms with Crippen LogP contribution >= 0.6 is 0 Å². The molecule has 110 valence electrons. The summed E-state index contributed by atoms with van der Waals surface area (Å²) in [5.74, 6) is 0.313. The van der Waals surface area contributed by atoms with Gasteiger partial charge < -0.3 is 5.11 Å². The summed E-state index contributed by atoms with van der Waals surface area (Å²) >= 11 is 0. The Balaban J connectivity index is 1.99. The number of carbonyl (C=O) groups is 1. The molecule has 2 nitrogen and oxygen atoms in total. The number of carbonyl (C=O) groups excluding carboxylic acids is 1. The zero-order chi connectivity index (χ0) is 14.4. The maximum absolute atomic E-state index is 12.3. The van der Waals surface area contributed by atoms with Gasteiger partial charge >= 0.3 is 0 Å². The smallest absolute Gasteiger partial charge is 0.165 e. The molecule has 20 heavy (non-hydrogen) atoms. The van der Waals surface area contributed by atoms with Crippen LogP contribution in [0.1, 0.15) is 68.6 Å². The molecule has 2 heteroatoms. The molecule has 1 N–H and O–H groups in total. The van der Waals surface area contributed by atoms with Crippen LogP contribution in [0.25, 0.3) is 0 Å².